The largest absolute Gasteiger partial charge is 0.416 e. The first-order chi connectivity index (χ1) is 12.1. The summed E-state index contributed by atoms with van der Waals surface area (Å²) in [5.74, 6) is 0.0983. The first-order valence-electron chi connectivity index (χ1n) is 8.81. The highest BCUT2D eigenvalue weighted by Crippen LogP contribution is 2.29. The molecule has 0 N–H and O–H groups in total. The highest BCUT2D eigenvalue weighted by atomic mass is 19.4. The maximum absolute atomic E-state index is 12.6. The lowest BCUT2D eigenvalue weighted by Crippen LogP contribution is -2.44. The van der Waals surface area contributed by atoms with Crippen LogP contribution in [0.4, 0.5) is 13.2 Å². The Morgan fingerprint density at radius 1 is 1.15 bits per heavy atom. The lowest BCUT2D eigenvalue weighted by Gasteiger charge is -2.33. The third-order valence-electron chi connectivity index (χ3n) is 4.61. The summed E-state index contributed by atoms with van der Waals surface area (Å²) in [6.45, 7) is 5.67. The van der Waals surface area contributed by atoms with Crippen molar-refractivity contribution in [3.05, 3.63) is 35.4 Å². The molecule has 0 radical (unpaired) electrons. The van der Waals surface area contributed by atoms with Gasteiger partial charge in [-0.3, -0.25) is 9.59 Å². The van der Waals surface area contributed by atoms with Crippen LogP contribution in [-0.4, -0.2) is 48.3 Å². The van der Waals surface area contributed by atoms with Crippen molar-refractivity contribution < 1.29 is 22.8 Å². The Balaban J connectivity index is 1.93. The Morgan fingerprint density at radius 2 is 1.69 bits per heavy atom. The van der Waals surface area contributed by atoms with E-state index in [9.17, 15) is 22.8 Å². The van der Waals surface area contributed by atoms with Crippen LogP contribution in [0.15, 0.2) is 24.3 Å². The number of rotatable bonds is 4. The molecular weight excluding hydrogens is 345 g/mol. The van der Waals surface area contributed by atoms with Gasteiger partial charge in [0, 0.05) is 38.2 Å². The molecule has 1 aromatic carbocycles. The van der Waals surface area contributed by atoms with Gasteiger partial charge >= 0.3 is 6.18 Å². The minimum absolute atomic E-state index is 0.0975. The molecule has 26 heavy (non-hydrogen) atoms. The zero-order chi connectivity index (χ0) is 19.5. The van der Waals surface area contributed by atoms with Crippen molar-refractivity contribution in [2.45, 2.75) is 32.9 Å². The predicted molar refractivity (Wildman–Crippen MR) is 92.5 cm³/mol. The van der Waals surface area contributed by atoms with Gasteiger partial charge in [-0.2, -0.15) is 13.2 Å². The summed E-state index contributed by atoms with van der Waals surface area (Å²) in [7, 11) is 1.79. The summed E-state index contributed by atoms with van der Waals surface area (Å²) in [5, 5.41) is 0. The lowest BCUT2D eigenvalue weighted by molar-refractivity contribution is -0.137. The van der Waals surface area contributed by atoms with Crippen LogP contribution in [0.5, 0.6) is 0 Å². The van der Waals surface area contributed by atoms with E-state index in [-0.39, 0.29) is 23.3 Å². The third-order valence-corrected chi connectivity index (χ3v) is 4.61. The number of carbonyl (C=O) groups excluding carboxylic acids is 2. The predicted octanol–water partition coefficient (Wildman–Crippen LogP) is 3.67. The number of likely N-dealkylation sites (tertiary alicyclic amines) is 1. The number of carbonyl (C=O) groups is 2. The van der Waals surface area contributed by atoms with E-state index in [2.05, 4.69) is 13.8 Å². The van der Waals surface area contributed by atoms with E-state index in [4.69, 9.17) is 0 Å². The molecule has 1 fully saturated rings. The molecule has 0 unspecified atom stereocenters. The van der Waals surface area contributed by atoms with E-state index in [1.54, 1.807) is 16.8 Å². The number of nitrogens with zero attached hydrogens (tertiary/aromatic N) is 2. The van der Waals surface area contributed by atoms with Gasteiger partial charge in [0.15, 0.2) is 0 Å². The molecule has 1 saturated heterocycles. The topological polar surface area (TPSA) is 40.6 Å². The number of alkyl halides is 3. The van der Waals surface area contributed by atoms with Crippen molar-refractivity contribution in [1.29, 1.82) is 0 Å². The molecule has 1 aromatic rings. The van der Waals surface area contributed by atoms with Crippen LogP contribution < -0.4 is 0 Å². The van der Waals surface area contributed by atoms with Crippen LogP contribution in [0.1, 0.15) is 42.6 Å². The molecule has 1 aliphatic heterocycles. The molecule has 144 valence electrons. The minimum Gasteiger partial charge on any atom is -0.345 e. The average molecular weight is 370 g/mol. The smallest absolute Gasteiger partial charge is 0.345 e. The van der Waals surface area contributed by atoms with Crippen molar-refractivity contribution in [3.63, 3.8) is 0 Å². The van der Waals surface area contributed by atoms with Crippen molar-refractivity contribution in [1.82, 2.24) is 9.80 Å². The Kier molecular flexibility index (Phi) is 6.31. The molecule has 2 amide bonds. The van der Waals surface area contributed by atoms with Crippen LogP contribution in [0.2, 0.25) is 0 Å². The lowest BCUT2D eigenvalue weighted by atomic mass is 9.94. The molecule has 0 bridgehead atoms. The number of hydrogen-bond acceptors (Lipinski definition) is 2. The van der Waals surface area contributed by atoms with Gasteiger partial charge in [-0.1, -0.05) is 13.8 Å². The molecule has 7 heteroatoms. The van der Waals surface area contributed by atoms with Crippen molar-refractivity contribution in [2.24, 2.45) is 11.8 Å². The number of halogens is 3. The SMILES string of the molecule is CC(C)CN(C)C(=O)C1CCN(C(=O)c2ccc(C(F)(F)F)cc2)CC1. The van der Waals surface area contributed by atoms with Gasteiger partial charge in [0.05, 0.1) is 5.56 Å². The van der Waals surface area contributed by atoms with E-state index in [1.807, 2.05) is 0 Å². The van der Waals surface area contributed by atoms with Crippen LogP contribution in [-0.2, 0) is 11.0 Å². The number of amides is 2. The van der Waals surface area contributed by atoms with Gasteiger partial charge in [0.2, 0.25) is 5.91 Å². The summed E-state index contributed by atoms with van der Waals surface area (Å²) in [6.07, 6.45) is -3.26. The first kappa shape index (κ1) is 20.3. The molecule has 1 heterocycles. The van der Waals surface area contributed by atoms with Crippen LogP contribution in [0, 0.1) is 11.8 Å². The highest BCUT2D eigenvalue weighted by Gasteiger charge is 2.32. The van der Waals surface area contributed by atoms with E-state index in [1.165, 1.54) is 12.1 Å². The van der Waals surface area contributed by atoms with Gasteiger partial charge in [-0.25, -0.2) is 0 Å². The summed E-state index contributed by atoms with van der Waals surface area (Å²) < 4.78 is 37.8. The van der Waals surface area contributed by atoms with Gasteiger partial charge < -0.3 is 9.80 Å². The summed E-state index contributed by atoms with van der Waals surface area (Å²) in [5.41, 5.74) is -0.536. The fourth-order valence-corrected chi connectivity index (χ4v) is 3.26. The second kappa shape index (κ2) is 8.10. The van der Waals surface area contributed by atoms with E-state index in [0.29, 0.717) is 38.4 Å². The molecule has 0 saturated carbocycles. The highest BCUT2D eigenvalue weighted by molar-refractivity contribution is 5.94. The van der Waals surface area contributed by atoms with Crippen LogP contribution in [0.25, 0.3) is 0 Å². The fourth-order valence-electron chi connectivity index (χ4n) is 3.26. The van der Waals surface area contributed by atoms with Crippen molar-refractivity contribution in [2.75, 3.05) is 26.7 Å². The van der Waals surface area contributed by atoms with Crippen molar-refractivity contribution >= 4 is 11.8 Å². The summed E-state index contributed by atoms with van der Waals surface area (Å²) in [4.78, 5) is 28.2. The molecule has 1 aliphatic rings. The maximum atomic E-state index is 12.6. The quantitative estimate of drug-likeness (QED) is 0.811. The fraction of sp³-hybridized carbons (Fsp3) is 0.579. The van der Waals surface area contributed by atoms with Gasteiger partial charge in [0.25, 0.3) is 5.91 Å². The number of hydrogen-bond donors (Lipinski definition) is 0. The van der Waals surface area contributed by atoms with E-state index in [0.717, 1.165) is 12.1 Å². The average Bonchev–Trinajstić information content (AvgIpc) is 2.59. The minimum atomic E-state index is -4.41. The molecule has 0 aliphatic carbocycles. The first-order valence-corrected chi connectivity index (χ1v) is 8.81. The molecule has 4 nitrogen and oxygen atoms in total. The molecule has 0 aromatic heterocycles. The Hall–Kier alpha value is -2.05. The van der Waals surface area contributed by atoms with Gasteiger partial charge in [-0.05, 0) is 43.0 Å². The Labute approximate surface area is 152 Å². The molecule has 0 atom stereocenters. The zero-order valence-electron chi connectivity index (χ0n) is 15.3. The Morgan fingerprint density at radius 3 is 2.15 bits per heavy atom. The monoisotopic (exact) mass is 370 g/mol. The third kappa shape index (κ3) is 4.99. The Bertz CT molecular complexity index is 633. The summed E-state index contributed by atoms with van der Waals surface area (Å²) >= 11 is 0. The van der Waals surface area contributed by atoms with E-state index < -0.39 is 11.7 Å². The maximum Gasteiger partial charge on any atom is 0.416 e. The molecule has 0 spiro atoms. The van der Waals surface area contributed by atoms with Crippen molar-refractivity contribution in [3.8, 4) is 0 Å². The second-order valence-electron chi connectivity index (χ2n) is 7.25. The second-order valence-corrected chi connectivity index (χ2v) is 7.25. The van der Waals surface area contributed by atoms with Gasteiger partial charge in [-0.15, -0.1) is 0 Å². The van der Waals surface area contributed by atoms with Gasteiger partial charge in [0.1, 0.15) is 0 Å². The van der Waals surface area contributed by atoms with Crippen LogP contribution >= 0.6 is 0 Å². The molecular formula is C19H25F3N2O2. The van der Waals surface area contributed by atoms with Crippen LogP contribution in [0.3, 0.4) is 0 Å². The molecule has 2 rings (SSSR count). The zero-order valence-corrected chi connectivity index (χ0v) is 15.3. The normalized spacial score (nSPS) is 16.0. The summed E-state index contributed by atoms with van der Waals surface area (Å²) in [6, 6.07) is 4.26. The number of piperidine rings is 1. The van der Waals surface area contributed by atoms with E-state index >= 15 is 0 Å². The number of benzene rings is 1. The standard InChI is InChI=1S/C19H25F3N2O2/c1-13(2)12-23(3)17(25)15-8-10-24(11-9-15)18(26)14-4-6-16(7-5-14)19(20,21)22/h4-7,13,15H,8-12H2,1-3H3.